The molecular weight excluding hydrogens is 204 g/mol. The fourth-order valence-corrected chi connectivity index (χ4v) is 2.40. The molecule has 2 atom stereocenters. The van der Waals surface area contributed by atoms with E-state index in [-0.39, 0.29) is 12.2 Å². The van der Waals surface area contributed by atoms with E-state index in [0.717, 1.165) is 23.5 Å². The highest BCUT2D eigenvalue weighted by molar-refractivity contribution is 5.51. The molecular formula is C13H18O3. The predicted octanol–water partition coefficient (Wildman–Crippen LogP) is 2.73. The smallest absolute Gasteiger partial charge is 0.125 e. The molecule has 0 N–H and O–H groups in total. The van der Waals surface area contributed by atoms with Crippen LogP contribution in [0.5, 0.6) is 11.5 Å². The minimum absolute atomic E-state index is 0.0591. The van der Waals surface area contributed by atoms with Crippen LogP contribution in [0.3, 0.4) is 0 Å². The highest BCUT2D eigenvalue weighted by atomic mass is 16.5. The lowest BCUT2D eigenvalue weighted by Crippen LogP contribution is -2.23. The SMILES string of the molecule is COc1ccc(OC)c2c1C[C@@H](C)O[C@@H]2C. The third-order valence-electron chi connectivity index (χ3n) is 3.05. The number of hydrogen-bond acceptors (Lipinski definition) is 3. The Balaban J connectivity index is 2.56. The van der Waals surface area contributed by atoms with E-state index < -0.39 is 0 Å². The minimum Gasteiger partial charge on any atom is -0.496 e. The van der Waals surface area contributed by atoms with E-state index in [4.69, 9.17) is 14.2 Å². The number of hydrogen-bond donors (Lipinski definition) is 0. The van der Waals surface area contributed by atoms with Gasteiger partial charge in [0.2, 0.25) is 0 Å². The number of rotatable bonds is 2. The third kappa shape index (κ3) is 1.76. The number of fused-ring (bicyclic) bond motifs is 1. The Kier molecular flexibility index (Phi) is 3.06. The summed E-state index contributed by atoms with van der Waals surface area (Å²) in [7, 11) is 3.39. The van der Waals surface area contributed by atoms with Crippen LogP contribution in [0.2, 0.25) is 0 Å². The van der Waals surface area contributed by atoms with Crippen LogP contribution in [0.15, 0.2) is 12.1 Å². The Bertz CT molecular complexity index is 387. The van der Waals surface area contributed by atoms with Gasteiger partial charge in [-0.05, 0) is 26.0 Å². The van der Waals surface area contributed by atoms with Crippen molar-refractivity contribution in [2.24, 2.45) is 0 Å². The van der Waals surface area contributed by atoms with Crippen LogP contribution >= 0.6 is 0 Å². The van der Waals surface area contributed by atoms with Gasteiger partial charge in [0, 0.05) is 17.5 Å². The Morgan fingerprint density at radius 3 is 2.38 bits per heavy atom. The molecule has 0 aromatic heterocycles. The number of benzene rings is 1. The zero-order valence-corrected chi connectivity index (χ0v) is 10.2. The molecule has 3 nitrogen and oxygen atoms in total. The van der Waals surface area contributed by atoms with E-state index in [1.54, 1.807) is 14.2 Å². The molecule has 0 amide bonds. The second-order valence-electron chi connectivity index (χ2n) is 4.16. The van der Waals surface area contributed by atoms with Crippen molar-refractivity contribution in [3.05, 3.63) is 23.3 Å². The van der Waals surface area contributed by atoms with E-state index in [1.807, 2.05) is 12.1 Å². The van der Waals surface area contributed by atoms with Crippen molar-refractivity contribution in [1.82, 2.24) is 0 Å². The van der Waals surface area contributed by atoms with Crippen LogP contribution in [0.4, 0.5) is 0 Å². The zero-order chi connectivity index (χ0) is 11.7. The van der Waals surface area contributed by atoms with E-state index in [0.29, 0.717) is 0 Å². The summed E-state index contributed by atoms with van der Waals surface area (Å²) in [5, 5.41) is 0. The second kappa shape index (κ2) is 4.34. The monoisotopic (exact) mass is 222 g/mol. The van der Waals surface area contributed by atoms with Gasteiger partial charge in [0.25, 0.3) is 0 Å². The standard InChI is InChI=1S/C13H18O3/c1-8-7-10-11(14-3)5-6-12(15-4)13(10)9(2)16-8/h5-6,8-9H,7H2,1-4H3/t8-,9-/m1/s1. The minimum atomic E-state index is 0.0591. The molecule has 1 aliphatic rings. The molecule has 0 bridgehead atoms. The first kappa shape index (κ1) is 11.3. The van der Waals surface area contributed by atoms with E-state index in [9.17, 15) is 0 Å². The lowest BCUT2D eigenvalue weighted by Gasteiger charge is -2.30. The molecule has 3 heteroatoms. The fraction of sp³-hybridized carbons (Fsp3) is 0.538. The fourth-order valence-electron chi connectivity index (χ4n) is 2.40. The molecule has 1 aromatic rings. The topological polar surface area (TPSA) is 27.7 Å². The Morgan fingerprint density at radius 2 is 1.75 bits per heavy atom. The maximum absolute atomic E-state index is 5.82. The quantitative estimate of drug-likeness (QED) is 0.770. The maximum atomic E-state index is 5.82. The lowest BCUT2D eigenvalue weighted by atomic mass is 9.93. The zero-order valence-electron chi connectivity index (χ0n) is 10.2. The molecule has 16 heavy (non-hydrogen) atoms. The van der Waals surface area contributed by atoms with Gasteiger partial charge < -0.3 is 14.2 Å². The van der Waals surface area contributed by atoms with Crippen LogP contribution in [-0.4, -0.2) is 20.3 Å². The molecule has 1 aliphatic heterocycles. The van der Waals surface area contributed by atoms with Crippen molar-refractivity contribution in [1.29, 1.82) is 0 Å². The molecule has 0 unspecified atom stereocenters. The van der Waals surface area contributed by atoms with Gasteiger partial charge >= 0.3 is 0 Å². The molecule has 88 valence electrons. The summed E-state index contributed by atoms with van der Waals surface area (Å²) in [6, 6.07) is 3.90. The summed E-state index contributed by atoms with van der Waals surface area (Å²) in [6.45, 7) is 4.13. The lowest BCUT2D eigenvalue weighted by molar-refractivity contribution is -0.00668. The van der Waals surface area contributed by atoms with Gasteiger partial charge in [-0.2, -0.15) is 0 Å². The summed E-state index contributed by atoms with van der Waals surface area (Å²) in [5.41, 5.74) is 2.34. The van der Waals surface area contributed by atoms with Crippen LogP contribution in [-0.2, 0) is 11.2 Å². The molecule has 2 rings (SSSR count). The van der Waals surface area contributed by atoms with Gasteiger partial charge in [-0.15, -0.1) is 0 Å². The van der Waals surface area contributed by atoms with Crippen molar-refractivity contribution in [2.45, 2.75) is 32.5 Å². The molecule has 1 heterocycles. The second-order valence-corrected chi connectivity index (χ2v) is 4.16. The summed E-state index contributed by atoms with van der Waals surface area (Å²) >= 11 is 0. The van der Waals surface area contributed by atoms with E-state index >= 15 is 0 Å². The Labute approximate surface area is 96.3 Å². The Morgan fingerprint density at radius 1 is 1.12 bits per heavy atom. The van der Waals surface area contributed by atoms with Crippen LogP contribution in [0.1, 0.15) is 31.1 Å². The molecule has 1 aromatic carbocycles. The maximum Gasteiger partial charge on any atom is 0.125 e. The summed E-state index contributed by atoms with van der Waals surface area (Å²) in [6.07, 6.45) is 1.16. The van der Waals surface area contributed by atoms with Crippen molar-refractivity contribution in [3.63, 3.8) is 0 Å². The van der Waals surface area contributed by atoms with Gasteiger partial charge in [0.15, 0.2) is 0 Å². The average Bonchev–Trinajstić information content (AvgIpc) is 2.27. The van der Waals surface area contributed by atoms with Gasteiger partial charge in [0.1, 0.15) is 11.5 Å². The number of methoxy groups -OCH3 is 2. The van der Waals surface area contributed by atoms with Gasteiger partial charge in [-0.3, -0.25) is 0 Å². The first-order valence-corrected chi connectivity index (χ1v) is 5.56. The molecule has 0 fully saturated rings. The largest absolute Gasteiger partial charge is 0.496 e. The van der Waals surface area contributed by atoms with Crippen molar-refractivity contribution in [2.75, 3.05) is 14.2 Å². The highest BCUT2D eigenvalue weighted by Gasteiger charge is 2.27. The summed E-state index contributed by atoms with van der Waals surface area (Å²) < 4.78 is 16.6. The van der Waals surface area contributed by atoms with E-state index in [1.165, 1.54) is 5.56 Å². The predicted molar refractivity (Wildman–Crippen MR) is 62.2 cm³/mol. The first-order chi connectivity index (χ1) is 7.67. The molecule has 0 aliphatic carbocycles. The van der Waals surface area contributed by atoms with Crippen molar-refractivity contribution >= 4 is 0 Å². The van der Waals surface area contributed by atoms with Gasteiger partial charge in [-0.25, -0.2) is 0 Å². The van der Waals surface area contributed by atoms with Crippen LogP contribution in [0.25, 0.3) is 0 Å². The third-order valence-corrected chi connectivity index (χ3v) is 3.05. The van der Waals surface area contributed by atoms with Crippen molar-refractivity contribution < 1.29 is 14.2 Å². The average molecular weight is 222 g/mol. The first-order valence-electron chi connectivity index (χ1n) is 5.56. The van der Waals surface area contributed by atoms with Crippen molar-refractivity contribution in [3.8, 4) is 11.5 Å². The highest BCUT2D eigenvalue weighted by Crippen LogP contribution is 2.41. The van der Waals surface area contributed by atoms with E-state index in [2.05, 4.69) is 13.8 Å². The molecule has 0 saturated carbocycles. The van der Waals surface area contributed by atoms with Crippen LogP contribution in [0, 0.1) is 0 Å². The number of ether oxygens (including phenoxy) is 3. The van der Waals surface area contributed by atoms with Crippen LogP contribution < -0.4 is 9.47 Å². The molecule has 0 saturated heterocycles. The molecule has 0 spiro atoms. The van der Waals surface area contributed by atoms with Gasteiger partial charge in [-0.1, -0.05) is 0 Å². The normalized spacial score (nSPS) is 23.8. The van der Waals surface area contributed by atoms with Gasteiger partial charge in [0.05, 0.1) is 26.4 Å². The molecule has 0 radical (unpaired) electrons. The summed E-state index contributed by atoms with van der Waals surface area (Å²) in [4.78, 5) is 0. The summed E-state index contributed by atoms with van der Waals surface area (Å²) in [5.74, 6) is 1.81. The Hall–Kier alpha value is -1.22.